The minimum absolute atomic E-state index is 0.316. The Bertz CT molecular complexity index is 306. The zero-order valence-corrected chi connectivity index (χ0v) is 7.97. The van der Waals surface area contributed by atoms with Gasteiger partial charge >= 0.3 is 6.16 Å². The van der Waals surface area contributed by atoms with Crippen molar-refractivity contribution < 1.29 is 14.3 Å². The third-order valence-electron chi connectivity index (χ3n) is 1.72. The van der Waals surface area contributed by atoms with Crippen molar-refractivity contribution in [1.29, 1.82) is 0 Å². The second-order valence-corrected chi connectivity index (χ2v) is 2.71. The zero-order valence-electron chi connectivity index (χ0n) is 7.97. The van der Waals surface area contributed by atoms with E-state index >= 15 is 0 Å². The smallest absolute Gasteiger partial charge is 0.426 e. The molecule has 14 heavy (non-hydrogen) atoms. The van der Waals surface area contributed by atoms with Crippen LogP contribution in [0.15, 0.2) is 43.2 Å². The number of carbonyl (C=O) groups excluding carboxylic acids is 1. The largest absolute Gasteiger partial charge is 0.513 e. The average molecular weight is 192 g/mol. The Morgan fingerprint density at radius 2 is 2.07 bits per heavy atom. The summed E-state index contributed by atoms with van der Waals surface area (Å²) >= 11 is 0. The molecule has 1 rings (SSSR count). The molecule has 3 heteroatoms. The minimum atomic E-state index is -0.739. The molecule has 3 nitrogen and oxygen atoms in total. The van der Waals surface area contributed by atoms with E-state index in [-0.39, 0.29) is 6.10 Å². The van der Waals surface area contributed by atoms with Gasteiger partial charge in [0.15, 0.2) is 0 Å². The van der Waals surface area contributed by atoms with Crippen molar-refractivity contribution in [2.45, 2.75) is 13.0 Å². The van der Waals surface area contributed by atoms with Gasteiger partial charge in [-0.05, 0) is 12.5 Å². The van der Waals surface area contributed by atoms with Crippen molar-refractivity contribution in [3.63, 3.8) is 0 Å². The van der Waals surface area contributed by atoms with Crippen LogP contribution < -0.4 is 0 Å². The van der Waals surface area contributed by atoms with Crippen molar-refractivity contribution in [3.8, 4) is 0 Å². The van der Waals surface area contributed by atoms with Crippen LogP contribution in [0, 0.1) is 0 Å². The van der Waals surface area contributed by atoms with Gasteiger partial charge in [0, 0.05) is 0 Å². The zero-order chi connectivity index (χ0) is 10.4. The summed E-state index contributed by atoms with van der Waals surface area (Å²) in [5.74, 6) is 0. The lowest BCUT2D eigenvalue weighted by atomic mass is 10.1. The molecule has 0 saturated heterocycles. The van der Waals surface area contributed by atoms with Gasteiger partial charge in [-0.25, -0.2) is 4.79 Å². The molecule has 1 aromatic carbocycles. The lowest BCUT2D eigenvalue weighted by molar-refractivity contribution is 0.0533. The molecule has 0 aliphatic carbocycles. The molecule has 1 unspecified atom stereocenters. The number of rotatable bonds is 3. The number of hydrogen-bond donors (Lipinski definition) is 0. The Labute approximate surface area is 83.0 Å². The number of carbonyl (C=O) groups is 1. The van der Waals surface area contributed by atoms with Crippen LogP contribution in [0.1, 0.15) is 18.6 Å². The first-order chi connectivity index (χ1) is 6.74. The first-order valence-corrected chi connectivity index (χ1v) is 4.27. The lowest BCUT2D eigenvalue weighted by Gasteiger charge is -2.11. The molecule has 0 heterocycles. The van der Waals surface area contributed by atoms with Gasteiger partial charge in [-0.15, -0.1) is 0 Å². The Morgan fingerprint density at radius 3 is 2.64 bits per heavy atom. The number of benzene rings is 1. The van der Waals surface area contributed by atoms with E-state index in [0.29, 0.717) is 0 Å². The summed E-state index contributed by atoms with van der Waals surface area (Å²) in [6, 6.07) is 9.43. The molecule has 0 spiro atoms. The third kappa shape index (κ3) is 2.94. The molecule has 0 saturated carbocycles. The van der Waals surface area contributed by atoms with Crippen LogP contribution >= 0.6 is 0 Å². The predicted octanol–water partition coefficient (Wildman–Crippen LogP) is 3.04. The Balaban J connectivity index is 2.54. The van der Waals surface area contributed by atoms with Crippen molar-refractivity contribution in [3.05, 3.63) is 48.7 Å². The monoisotopic (exact) mass is 192 g/mol. The van der Waals surface area contributed by atoms with E-state index in [2.05, 4.69) is 11.3 Å². The summed E-state index contributed by atoms with van der Waals surface area (Å²) in [6.07, 6.45) is -0.0138. The fourth-order valence-electron chi connectivity index (χ4n) is 1.03. The summed E-state index contributed by atoms with van der Waals surface area (Å²) in [7, 11) is 0. The van der Waals surface area contributed by atoms with E-state index < -0.39 is 6.16 Å². The molecule has 74 valence electrons. The summed E-state index contributed by atoms with van der Waals surface area (Å²) < 4.78 is 9.38. The van der Waals surface area contributed by atoms with Crippen molar-refractivity contribution in [2.24, 2.45) is 0 Å². The SMILES string of the molecule is C=COC(=O)OC(C)c1ccccc1. The van der Waals surface area contributed by atoms with Crippen LogP contribution in [0.3, 0.4) is 0 Å². The van der Waals surface area contributed by atoms with Crippen molar-refractivity contribution >= 4 is 6.16 Å². The molecule has 1 aromatic rings. The van der Waals surface area contributed by atoms with E-state index in [1.807, 2.05) is 30.3 Å². The van der Waals surface area contributed by atoms with Crippen molar-refractivity contribution in [1.82, 2.24) is 0 Å². The van der Waals surface area contributed by atoms with Crippen LogP contribution in [0.4, 0.5) is 4.79 Å². The Kier molecular flexibility index (Phi) is 3.73. The minimum Gasteiger partial charge on any atom is -0.426 e. The molecule has 0 fully saturated rings. The van der Waals surface area contributed by atoms with Crippen LogP contribution in [-0.2, 0) is 9.47 Å². The molecule has 0 aliphatic rings. The van der Waals surface area contributed by atoms with Gasteiger partial charge in [-0.3, -0.25) is 0 Å². The second kappa shape index (κ2) is 5.07. The van der Waals surface area contributed by atoms with Crippen LogP contribution in [-0.4, -0.2) is 6.16 Å². The average Bonchev–Trinajstić information content (AvgIpc) is 2.19. The quantitative estimate of drug-likeness (QED) is 0.545. The van der Waals surface area contributed by atoms with Crippen molar-refractivity contribution in [2.75, 3.05) is 0 Å². The van der Waals surface area contributed by atoms with Crippen LogP contribution in [0.2, 0.25) is 0 Å². The fourth-order valence-corrected chi connectivity index (χ4v) is 1.03. The normalized spacial score (nSPS) is 11.5. The van der Waals surface area contributed by atoms with Crippen LogP contribution in [0.5, 0.6) is 0 Å². The highest BCUT2D eigenvalue weighted by Gasteiger charge is 2.10. The summed E-state index contributed by atoms with van der Waals surface area (Å²) in [4.78, 5) is 10.9. The first kappa shape index (κ1) is 10.3. The highest BCUT2D eigenvalue weighted by Crippen LogP contribution is 2.16. The molecular weight excluding hydrogens is 180 g/mol. The molecule has 0 bridgehead atoms. The molecule has 0 aliphatic heterocycles. The number of ether oxygens (including phenoxy) is 2. The summed E-state index contributed by atoms with van der Waals surface area (Å²) in [5.41, 5.74) is 0.925. The Morgan fingerprint density at radius 1 is 1.43 bits per heavy atom. The highest BCUT2D eigenvalue weighted by atomic mass is 16.7. The van der Waals surface area contributed by atoms with E-state index in [0.717, 1.165) is 11.8 Å². The standard InChI is InChI=1S/C11H12O3/c1-3-13-11(12)14-9(2)10-7-5-4-6-8-10/h3-9H,1H2,2H3. The van der Waals surface area contributed by atoms with Gasteiger partial charge in [0.25, 0.3) is 0 Å². The van der Waals surface area contributed by atoms with E-state index in [9.17, 15) is 4.79 Å². The van der Waals surface area contributed by atoms with Gasteiger partial charge in [0.1, 0.15) is 6.10 Å². The maximum absolute atomic E-state index is 10.9. The summed E-state index contributed by atoms with van der Waals surface area (Å²) in [5, 5.41) is 0. The molecular formula is C11H12O3. The van der Waals surface area contributed by atoms with Gasteiger partial charge in [-0.1, -0.05) is 36.9 Å². The van der Waals surface area contributed by atoms with E-state index in [4.69, 9.17) is 4.74 Å². The summed E-state index contributed by atoms with van der Waals surface area (Å²) in [6.45, 7) is 5.04. The maximum Gasteiger partial charge on any atom is 0.513 e. The second-order valence-electron chi connectivity index (χ2n) is 2.71. The lowest BCUT2D eigenvalue weighted by Crippen LogP contribution is -2.07. The van der Waals surface area contributed by atoms with E-state index in [1.165, 1.54) is 0 Å². The highest BCUT2D eigenvalue weighted by molar-refractivity contribution is 5.61. The van der Waals surface area contributed by atoms with Crippen LogP contribution in [0.25, 0.3) is 0 Å². The molecule has 0 radical (unpaired) electrons. The van der Waals surface area contributed by atoms with Gasteiger partial charge in [-0.2, -0.15) is 0 Å². The van der Waals surface area contributed by atoms with Gasteiger partial charge < -0.3 is 9.47 Å². The molecule has 0 aromatic heterocycles. The third-order valence-corrected chi connectivity index (χ3v) is 1.72. The molecule has 0 amide bonds. The molecule has 0 N–H and O–H groups in total. The van der Waals surface area contributed by atoms with Gasteiger partial charge in [0.05, 0.1) is 6.26 Å². The number of hydrogen-bond acceptors (Lipinski definition) is 3. The van der Waals surface area contributed by atoms with E-state index in [1.54, 1.807) is 6.92 Å². The van der Waals surface area contributed by atoms with Gasteiger partial charge in [0.2, 0.25) is 0 Å². The maximum atomic E-state index is 10.9. The predicted molar refractivity (Wildman–Crippen MR) is 52.6 cm³/mol. The first-order valence-electron chi connectivity index (χ1n) is 4.27. The Hall–Kier alpha value is -1.77. The fraction of sp³-hybridized carbons (Fsp3) is 0.182. The molecule has 1 atom stereocenters. The topological polar surface area (TPSA) is 35.5 Å².